The number of anilines is 1. The minimum Gasteiger partial charge on any atom is -0.368 e. The fourth-order valence-electron chi connectivity index (χ4n) is 1.53. The van der Waals surface area contributed by atoms with Gasteiger partial charge in [0, 0.05) is 16.3 Å². The van der Waals surface area contributed by atoms with E-state index in [1.54, 1.807) is 18.2 Å². The zero-order chi connectivity index (χ0) is 12.4. The first kappa shape index (κ1) is 12.1. The number of nitrogens with zero attached hydrogens (tertiary/aromatic N) is 2. The molecule has 0 saturated heterocycles. The van der Waals surface area contributed by atoms with Gasteiger partial charge in [-0.2, -0.15) is 0 Å². The third-order valence-corrected chi connectivity index (χ3v) is 2.93. The van der Waals surface area contributed by atoms with Crippen LogP contribution in [0.5, 0.6) is 0 Å². The number of hydrogen-bond donors (Lipinski definition) is 1. The number of nitrogen functional groups attached to an aromatic ring is 1. The van der Waals surface area contributed by atoms with Crippen molar-refractivity contribution in [1.29, 1.82) is 0 Å². The zero-order valence-electron chi connectivity index (χ0n) is 9.24. The Morgan fingerprint density at radius 1 is 1.18 bits per heavy atom. The SMILES string of the molecule is CCc1cc(-c2cc(Cl)ccc2Cl)nc(N)n1. The van der Waals surface area contributed by atoms with E-state index in [9.17, 15) is 0 Å². The van der Waals surface area contributed by atoms with Crippen molar-refractivity contribution in [2.24, 2.45) is 0 Å². The molecule has 2 rings (SSSR count). The predicted molar refractivity (Wildman–Crippen MR) is 71.3 cm³/mol. The number of rotatable bonds is 2. The van der Waals surface area contributed by atoms with Crippen LogP contribution in [0.4, 0.5) is 5.95 Å². The van der Waals surface area contributed by atoms with Gasteiger partial charge in [0.25, 0.3) is 0 Å². The Hall–Kier alpha value is -1.32. The summed E-state index contributed by atoms with van der Waals surface area (Å²) in [5.41, 5.74) is 8.00. The van der Waals surface area contributed by atoms with Crippen LogP contribution in [0.3, 0.4) is 0 Å². The van der Waals surface area contributed by atoms with Gasteiger partial charge in [0.05, 0.1) is 10.7 Å². The molecular formula is C12H11Cl2N3. The Bertz CT molecular complexity index is 555. The summed E-state index contributed by atoms with van der Waals surface area (Å²) in [5.74, 6) is 0.246. The molecule has 0 saturated carbocycles. The van der Waals surface area contributed by atoms with Gasteiger partial charge in [0.1, 0.15) is 0 Å². The summed E-state index contributed by atoms with van der Waals surface area (Å²) >= 11 is 12.1. The Kier molecular flexibility index (Phi) is 3.50. The highest BCUT2D eigenvalue weighted by molar-refractivity contribution is 6.35. The third-order valence-electron chi connectivity index (χ3n) is 2.36. The van der Waals surface area contributed by atoms with Gasteiger partial charge in [0.15, 0.2) is 0 Å². The first-order valence-corrected chi connectivity index (χ1v) is 5.94. The molecule has 0 bridgehead atoms. The minimum absolute atomic E-state index is 0.246. The molecule has 0 unspecified atom stereocenters. The maximum absolute atomic E-state index is 6.12. The standard InChI is InChI=1S/C12H11Cl2N3/c1-2-8-6-11(17-12(15)16-8)9-5-7(13)3-4-10(9)14/h3-6H,2H2,1H3,(H2,15,16,17). The van der Waals surface area contributed by atoms with Crippen LogP contribution in [0.1, 0.15) is 12.6 Å². The predicted octanol–water partition coefficient (Wildman–Crippen LogP) is 3.60. The van der Waals surface area contributed by atoms with Crippen molar-refractivity contribution in [3.05, 3.63) is 40.0 Å². The number of hydrogen-bond acceptors (Lipinski definition) is 3. The number of aryl methyl sites for hydroxylation is 1. The van der Waals surface area contributed by atoms with Gasteiger partial charge in [0.2, 0.25) is 5.95 Å². The molecule has 0 spiro atoms. The second-order valence-corrected chi connectivity index (χ2v) is 4.42. The zero-order valence-corrected chi connectivity index (χ0v) is 10.8. The topological polar surface area (TPSA) is 51.8 Å². The van der Waals surface area contributed by atoms with E-state index in [-0.39, 0.29) is 5.95 Å². The molecule has 0 atom stereocenters. The summed E-state index contributed by atoms with van der Waals surface area (Å²) in [7, 11) is 0. The molecule has 88 valence electrons. The van der Waals surface area contributed by atoms with Crippen LogP contribution in [0, 0.1) is 0 Å². The van der Waals surface area contributed by atoms with E-state index in [2.05, 4.69) is 9.97 Å². The van der Waals surface area contributed by atoms with Crippen LogP contribution in [0.15, 0.2) is 24.3 Å². The number of nitrogens with two attached hydrogens (primary N) is 1. The molecule has 0 fully saturated rings. The average Bonchev–Trinajstić information content (AvgIpc) is 2.31. The second-order valence-electron chi connectivity index (χ2n) is 3.58. The van der Waals surface area contributed by atoms with E-state index in [1.807, 2.05) is 13.0 Å². The normalized spacial score (nSPS) is 10.5. The Labute approximate surface area is 110 Å². The molecule has 1 heterocycles. The van der Waals surface area contributed by atoms with Crippen molar-refractivity contribution in [2.75, 3.05) is 5.73 Å². The van der Waals surface area contributed by atoms with Crippen molar-refractivity contribution in [1.82, 2.24) is 9.97 Å². The minimum atomic E-state index is 0.246. The number of benzene rings is 1. The Balaban J connectivity index is 2.59. The molecule has 0 radical (unpaired) electrons. The highest BCUT2D eigenvalue weighted by atomic mass is 35.5. The van der Waals surface area contributed by atoms with Crippen molar-refractivity contribution in [2.45, 2.75) is 13.3 Å². The molecule has 5 heteroatoms. The van der Waals surface area contributed by atoms with Gasteiger partial charge in [-0.3, -0.25) is 0 Å². The van der Waals surface area contributed by atoms with Crippen molar-refractivity contribution < 1.29 is 0 Å². The summed E-state index contributed by atoms with van der Waals surface area (Å²) < 4.78 is 0. The fraction of sp³-hybridized carbons (Fsp3) is 0.167. The van der Waals surface area contributed by atoms with E-state index < -0.39 is 0 Å². The molecule has 0 amide bonds. The molecule has 2 N–H and O–H groups in total. The molecular weight excluding hydrogens is 257 g/mol. The lowest BCUT2D eigenvalue weighted by Gasteiger charge is -2.07. The quantitative estimate of drug-likeness (QED) is 0.905. The van der Waals surface area contributed by atoms with Crippen LogP contribution in [-0.2, 0) is 6.42 Å². The molecule has 2 aromatic rings. The summed E-state index contributed by atoms with van der Waals surface area (Å²) in [6.07, 6.45) is 0.790. The Morgan fingerprint density at radius 3 is 2.65 bits per heavy atom. The molecule has 1 aromatic heterocycles. The van der Waals surface area contributed by atoms with Gasteiger partial charge in [-0.15, -0.1) is 0 Å². The van der Waals surface area contributed by atoms with Crippen LogP contribution >= 0.6 is 23.2 Å². The maximum Gasteiger partial charge on any atom is 0.220 e. The van der Waals surface area contributed by atoms with Crippen LogP contribution in [-0.4, -0.2) is 9.97 Å². The van der Waals surface area contributed by atoms with Gasteiger partial charge in [-0.1, -0.05) is 30.1 Å². The summed E-state index contributed by atoms with van der Waals surface area (Å²) in [4.78, 5) is 8.30. The van der Waals surface area contributed by atoms with E-state index >= 15 is 0 Å². The number of aromatic nitrogens is 2. The van der Waals surface area contributed by atoms with Crippen molar-refractivity contribution in [3.8, 4) is 11.3 Å². The lowest BCUT2D eigenvalue weighted by atomic mass is 10.1. The molecule has 1 aromatic carbocycles. The summed E-state index contributed by atoms with van der Waals surface area (Å²) in [5, 5.41) is 1.20. The average molecular weight is 268 g/mol. The first-order valence-electron chi connectivity index (χ1n) is 5.19. The summed E-state index contributed by atoms with van der Waals surface area (Å²) in [6, 6.07) is 7.11. The van der Waals surface area contributed by atoms with E-state index in [0.29, 0.717) is 15.7 Å². The largest absolute Gasteiger partial charge is 0.368 e. The van der Waals surface area contributed by atoms with Crippen molar-refractivity contribution >= 4 is 29.2 Å². The van der Waals surface area contributed by atoms with Crippen molar-refractivity contribution in [3.63, 3.8) is 0 Å². The van der Waals surface area contributed by atoms with Gasteiger partial charge in [-0.25, -0.2) is 9.97 Å². The highest BCUT2D eigenvalue weighted by Gasteiger charge is 2.08. The van der Waals surface area contributed by atoms with Crippen LogP contribution in [0.2, 0.25) is 10.0 Å². The van der Waals surface area contributed by atoms with Crippen LogP contribution in [0.25, 0.3) is 11.3 Å². The van der Waals surface area contributed by atoms with E-state index in [0.717, 1.165) is 17.7 Å². The highest BCUT2D eigenvalue weighted by Crippen LogP contribution is 2.29. The van der Waals surface area contributed by atoms with Gasteiger partial charge >= 0.3 is 0 Å². The van der Waals surface area contributed by atoms with Gasteiger partial charge < -0.3 is 5.73 Å². The maximum atomic E-state index is 6.12. The van der Waals surface area contributed by atoms with Crippen LogP contribution < -0.4 is 5.73 Å². The molecule has 17 heavy (non-hydrogen) atoms. The molecule has 0 aliphatic carbocycles. The molecule has 0 aliphatic heterocycles. The second kappa shape index (κ2) is 4.90. The first-order chi connectivity index (χ1) is 8.10. The fourth-order valence-corrected chi connectivity index (χ4v) is 1.92. The summed E-state index contributed by atoms with van der Waals surface area (Å²) in [6.45, 7) is 2.01. The lowest BCUT2D eigenvalue weighted by molar-refractivity contribution is 1.01. The van der Waals surface area contributed by atoms with E-state index in [1.165, 1.54) is 0 Å². The van der Waals surface area contributed by atoms with Gasteiger partial charge in [-0.05, 0) is 30.7 Å². The van der Waals surface area contributed by atoms with E-state index in [4.69, 9.17) is 28.9 Å². The molecule has 0 aliphatic rings. The number of halogens is 2. The Morgan fingerprint density at radius 2 is 1.94 bits per heavy atom. The monoisotopic (exact) mass is 267 g/mol. The molecule has 3 nitrogen and oxygen atoms in total. The smallest absolute Gasteiger partial charge is 0.220 e. The lowest BCUT2D eigenvalue weighted by Crippen LogP contribution is -2.00. The third kappa shape index (κ3) is 2.68.